The molecule has 0 radical (unpaired) electrons. The van der Waals surface area contributed by atoms with E-state index in [0.717, 1.165) is 36.4 Å². The van der Waals surface area contributed by atoms with Crippen LogP contribution < -0.4 is 9.47 Å². The lowest BCUT2D eigenvalue weighted by Crippen LogP contribution is -2.39. The predicted octanol–water partition coefficient (Wildman–Crippen LogP) is 5.79. The summed E-state index contributed by atoms with van der Waals surface area (Å²) in [6.07, 6.45) is 2.00. The van der Waals surface area contributed by atoms with Gasteiger partial charge in [-0.05, 0) is 55.7 Å². The molecule has 4 aromatic rings. The fourth-order valence-corrected chi connectivity index (χ4v) is 4.96. The molecule has 0 unspecified atom stereocenters. The Bertz CT molecular complexity index is 1340. The van der Waals surface area contributed by atoms with Crippen LogP contribution in [0.4, 0.5) is 4.39 Å². The van der Waals surface area contributed by atoms with Gasteiger partial charge in [-0.1, -0.05) is 55.5 Å². The lowest BCUT2D eigenvalue weighted by atomic mass is 10.1. The first-order valence-electron chi connectivity index (χ1n) is 13.9. The SMILES string of the molecule is CCc1nn(-c2ccccc2)c(Oc2ccccc2F)c1CN(C[C@H](O)COc1ccccc1)C[C@@H]1CCCO1. The second kappa shape index (κ2) is 13.6. The maximum atomic E-state index is 14.7. The normalized spacial score (nSPS) is 15.8. The van der Waals surface area contributed by atoms with Crippen molar-refractivity contribution in [3.8, 4) is 23.1 Å². The van der Waals surface area contributed by atoms with Crippen LogP contribution in [0.1, 0.15) is 31.0 Å². The molecular formula is C32H36FN3O4. The Morgan fingerprint density at radius 3 is 2.48 bits per heavy atom. The summed E-state index contributed by atoms with van der Waals surface area (Å²) in [5, 5.41) is 15.9. The molecule has 0 bridgehead atoms. The highest BCUT2D eigenvalue weighted by Gasteiger charge is 2.27. The van der Waals surface area contributed by atoms with Crippen LogP contribution in [0.3, 0.4) is 0 Å². The summed E-state index contributed by atoms with van der Waals surface area (Å²) in [6.45, 7) is 4.40. The van der Waals surface area contributed by atoms with E-state index in [1.807, 2.05) is 67.6 Å². The lowest BCUT2D eigenvalue weighted by Gasteiger charge is -2.28. The maximum Gasteiger partial charge on any atom is 0.227 e. The van der Waals surface area contributed by atoms with Crippen molar-refractivity contribution in [3.63, 3.8) is 0 Å². The quantitative estimate of drug-likeness (QED) is 0.230. The number of nitrogens with zero attached hydrogens (tertiary/aromatic N) is 3. The van der Waals surface area contributed by atoms with Gasteiger partial charge in [0.05, 0.1) is 23.0 Å². The highest BCUT2D eigenvalue weighted by atomic mass is 19.1. The average Bonchev–Trinajstić information content (AvgIpc) is 3.62. The molecule has 2 atom stereocenters. The number of aliphatic hydroxyl groups excluding tert-OH is 1. The molecule has 210 valence electrons. The fraction of sp³-hybridized carbons (Fsp3) is 0.344. The fourth-order valence-electron chi connectivity index (χ4n) is 4.96. The van der Waals surface area contributed by atoms with E-state index in [1.165, 1.54) is 6.07 Å². The van der Waals surface area contributed by atoms with Gasteiger partial charge in [0.2, 0.25) is 5.88 Å². The monoisotopic (exact) mass is 545 g/mol. The van der Waals surface area contributed by atoms with Gasteiger partial charge in [-0.3, -0.25) is 4.90 Å². The van der Waals surface area contributed by atoms with E-state index in [2.05, 4.69) is 4.90 Å². The number of para-hydroxylation sites is 3. The second-order valence-electron chi connectivity index (χ2n) is 9.97. The van der Waals surface area contributed by atoms with E-state index < -0.39 is 11.9 Å². The molecule has 1 aliphatic rings. The topological polar surface area (TPSA) is 69.0 Å². The number of hydrogen-bond acceptors (Lipinski definition) is 6. The number of aliphatic hydroxyl groups is 1. The summed E-state index contributed by atoms with van der Waals surface area (Å²) >= 11 is 0. The maximum absolute atomic E-state index is 14.7. The third-order valence-electron chi connectivity index (χ3n) is 6.92. The molecule has 0 amide bonds. The number of benzene rings is 3. The van der Waals surface area contributed by atoms with E-state index in [4.69, 9.17) is 19.3 Å². The minimum Gasteiger partial charge on any atom is -0.491 e. The summed E-state index contributed by atoms with van der Waals surface area (Å²) in [7, 11) is 0. The number of halogens is 1. The van der Waals surface area contributed by atoms with Crippen molar-refractivity contribution in [3.05, 3.63) is 102 Å². The number of rotatable bonds is 13. The van der Waals surface area contributed by atoms with E-state index >= 15 is 0 Å². The highest BCUT2D eigenvalue weighted by Crippen LogP contribution is 2.33. The third kappa shape index (κ3) is 7.07. The zero-order valence-electron chi connectivity index (χ0n) is 22.8. The van der Waals surface area contributed by atoms with Crippen LogP contribution in [-0.4, -0.2) is 58.3 Å². The summed E-state index contributed by atoms with van der Waals surface area (Å²) in [5.74, 6) is 0.855. The van der Waals surface area contributed by atoms with Crippen molar-refractivity contribution < 1.29 is 23.7 Å². The molecule has 0 aliphatic carbocycles. The van der Waals surface area contributed by atoms with Gasteiger partial charge < -0.3 is 19.3 Å². The molecule has 1 N–H and O–H groups in total. The van der Waals surface area contributed by atoms with Crippen molar-refractivity contribution in [1.82, 2.24) is 14.7 Å². The summed E-state index contributed by atoms with van der Waals surface area (Å²) < 4.78 is 34.5. The molecule has 3 aromatic carbocycles. The average molecular weight is 546 g/mol. The Hall–Kier alpha value is -3.72. The van der Waals surface area contributed by atoms with Gasteiger partial charge in [-0.25, -0.2) is 9.07 Å². The van der Waals surface area contributed by atoms with Crippen molar-refractivity contribution >= 4 is 0 Å². The Morgan fingerprint density at radius 2 is 1.77 bits per heavy atom. The number of aromatic nitrogens is 2. The van der Waals surface area contributed by atoms with Crippen molar-refractivity contribution in [2.24, 2.45) is 0 Å². The summed E-state index contributed by atoms with van der Waals surface area (Å²) in [4.78, 5) is 2.16. The minimum atomic E-state index is -0.730. The third-order valence-corrected chi connectivity index (χ3v) is 6.92. The van der Waals surface area contributed by atoms with Crippen LogP contribution in [0.25, 0.3) is 5.69 Å². The molecule has 2 heterocycles. The summed E-state index contributed by atoms with van der Waals surface area (Å²) in [6, 6.07) is 25.5. The van der Waals surface area contributed by atoms with Crippen LogP contribution in [0.2, 0.25) is 0 Å². The van der Waals surface area contributed by atoms with Gasteiger partial charge in [0.15, 0.2) is 11.6 Å². The lowest BCUT2D eigenvalue weighted by molar-refractivity contribution is 0.0310. The standard InChI is InChI=1S/C32H36FN3O4/c1-2-30-28(32(40-31-18-10-9-17-29(31)33)36(34-30)24-12-5-3-6-13-24)22-35(21-27-16-11-19-38-27)20-25(37)23-39-26-14-7-4-8-15-26/h3-10,12-15,17-18,25,27,37H,2,11,16,19-23H2,1H3/t25-,27-/m0/s1. The smallest absolute Gasteiger partial charge is 0.227 e. The molecule has 8 heteroatoms. The number of hydrogen-bond donors (Lipinski definition) is 1. The van der Waals surface area contributed by atoms with Crippen LogP contribution in [-0.2, 0) is 17.7 Å². The Kier molecular flexibility index (Phi) is 9.44. The Morgan fingerprint density at radius 1 is 1.05 bits per heavy atom. The molecule has 1 aliphatic heterocycles. The van der Waals surface area contributed by atoms with Crippen LogP contribution >= 0.6 is 0 Å². The van der Waals surface area contributed by atoms with E-state index in [0.29, 0.717) is 37.7 Å². The second-order valence-corrected chi connectivity index (χ2v) is 9.97. The Balaban J connectivity index is 1.44. The van der Waals surface area contributed by atoms with Crippen molar-refractivity contribution in [1.29, 1.82) is 0 Å². The first kappa shape index (κ1) is 27.8. The highest BCUT2D eigenvalue weighted by molar-refractivity contribution is 5.44. The van der Waals surface area contributed by atoms with Gasteiger partial charge in [0, 0.05) is 26.2 Å². The van der Waals surface area contributed by atoms with Gasteiger partial charge in [0.25, 0.3) is 0 Å². The van der Waals surface area contributed by atoms with E-state index in [9.17, 15) is 9.50 Å². The molecular weight excluding hydrogens is 509 g/mol. The number of ether oxygens (including phenoxy) is 3. The minimum absolute atomic E-state index is 0.0763. The molecule has 1 fully saturated rings. The van der Waals surface area contributed by atoms with Gasteiger partial charge in [0.1, 0.15) is 18.5 Å². The summed E-state index contributed by atoms with van der Waals surface area (Å²) in [5.41, 5.74) is 2.52. The van der Waals surface area contributed by atoms with Crippen molar-refractivity contribution in [2.45, 2.75) is 44.9 Å². The molecule has 0 saturated carbocycles. The van der Waals surface area contributed by atoms with Crippen LogP contribution in [0, 0.1) is 5.82 Å². The van der Waals surface area contributed by atoms with E-state index in [1.54, 1.807) is 22.9 Å². The Labute approximate surface area is 234 Å². The molecule has 40 heavy (non-hydrogen) atoms. The zero-order chi connectivity index (χ0) is 27.7. The molecule has 1 aromatic heterocycles. The zero-order valence-corrected chi connectivity index (χ0v) is 22.8. The largest absolute Gasteiger partial charge is 0.491 e. The molecule has 7 nitrogen and oxygen atoms in total. The first-order chi connectivity index (χ1) is 19.6. The van der Waals surface area contributed by atoms with Crippen LogP contribution in [0.15, 0.2) is 84.9 Å². The van der Waals surface area contributed by atoms with Gasteiger partial charge >= 0.3 is 0 Å². The number of aryl methyl sites for hydroxylation is 1. The van der Waals surface area contributed by atoms with Gasteiger partial charge in [-0.2, -0.15) is 5.10 Å². The van der Waals surface area contributed by atoms with Crippen LogP contribution in [0.5, 0.6) is 17.4 Å². The predicted molar refractivity (Wildman–Crippen MR) is 152 cm³/mol. The van der Waals surface area contributed by atoms with E-state index in [-0.39, 0.29) is 18.5 Å². The first-order valence-corrected chi connectivity index (χ1v) is 13.9. The van der Waals surface area contributed by atoms with Gasteiger partial charge in [-0.15, -0.1) is 0 Å². The molecule has 1 saturated heterocycles. The van der Waals surface area contributed by atoms with Crippen molar-refractivity contribution in [2.75, 3.05) is 26.3 Å². The molecule has 5 rings (SSSR count). The molecule has 0 spiro atoms.